The summed E-state index contributed by atoms with van der Waals surface area (Å²) >= 11 is 0. The lowest BCUT2D eigenvalue weighted by atomic mass is 9.79. The lowest BCUT2D eigenvalue weighted by Gasteiger charge is -2.24. The Morgan fingerprint density at radius 2 is 2.30 bits per heavy atom. The molecule has 0 N–H and O–H groups in total. The highest BCUT2D eigenvalue weighted by Gasteiger charge is 2.25. The van der Waals surface area contributed by atoms with Gasteiger partial charge in [-0.3, -0.25) is 0 Å². The van der Waals surface area contributed by atoms with Gasteiger partial charge in [-0.2, -0.15) is 0 Å². The molecule has 0 spiro atoms. The normalized spacial score (nSPS) is 31.6. The van der Waals surface area contributed by atoms with Crippen LogP contribution >= 0.6 is 0 Å². The fourth-order valence-corrected chi connectivity index (χ4v) is 1.22. The highest BCUT2D eigenvalue weighted by molar-refractivity contribution is 5.63. The van der Waals surface area contributed by atoms with E-state index < -0.39 is 0 Å². The van der Waals surface area contributed by atoms with Crippen LogP contribution in [0.2, 0.25) is 0 Å². The van der Waals surface area contributed by atoms with E-state index in [0.717, 1.165) is 25.5 Å². The van der Waals surface area contributed by atoms with Gasteiger partial charge in [0.25, 0.3) is 0 Å². The van der Waals surface area contributed by atoms with Crippen molar-refractivity contribution >= 4 is 6.29 Å². The third kappa shape index (κ3) is 1.18. The Labute approximate surface area is 61.4 Å². The van der Waals surface area contributed by atoms with Crippen LogP contribution in [-0.4, -0.2) is 6.29 Å². The van der Waals surface area contributed by atoms with Gasteiger partial charge in [0.1, 0.15) is 6.29 Å². The second-order valence-electron chi connectivity index (χ2n) is 2.77. The van der Waals surface area contributed by atoms with E-state index in [1.54, 1.807) is 6.08 Å². The summed E-state index contributed by atoms with van der Waals surface area (Å²) in [6.07, 6.45) is 9.72. The van der Waals surface area contributed by atoms with Crippen molar-refractivity contribution in [3.8, 4) is 0 Å². The molecule has 0 aromatic carbocycles. The zero-order valence-electron chi connectivity index (χ0n) is 6.05. The second-order valence-corrected chi connectivity index (χ2v) is 2.77. The Kier molecular flexibility index (Phi) is 2.05. The molecule has 0 bridgehead atoms. The molecule has 1 atom stereocenters. The first-order valence-electron chi connectivity index (χ1n) is 3.58. The van der Waals surface area contributed by atoms with E-state index in [4.69, 9.17) is 0 Å². The van der Waals surface area contributed by atoms with Gasteiger partial charge in [0, 0.05) is 5.41 Å². The van der Waals surface area contributed by atoms with Crippen LogP contribution in [0, 0.1) is 5.41 Å². The maximum Gasteiger partial charge on any atom is 0.130 e. The minimum absolute atomic E-state index is 0.241. The Hall–Kier alpha value is -0.850. The summed E-state index contributed by atoms with van der Waals surface area (Å²) in [6.45, 7) is 3.66. The van der Waals surface area contributed by atoms with E-state index in [1.165, 1.54) is 0 Å². The zero-order chi connectivity index (χ0) is 7.45. The van der Waals surface area contributed by atoms with Crippen LogP contribution in [0.5, 0.6) is 0 Å². The molecule has 0 aromatic rings. The van der Waals surface area contributed by atoms with E-state index in [0.29, 0.717) is 0 Å². The van der Waals surface area contributed by atoms with Gasteiger partial charge in [-0.25, -0.2) is 0 Å². The van der Waals surface area contributed by atoms with Crippen LogP contribution < -0.4 is 0 Å². The minimum atomic E-state index is -0.241. The van der Waals surface area contributed by atoms with E-state index in [-0.39, 0.29) is 5.41 Å². The van der Waals surface area contributed by atoms with Gasteiger partial charge in [0.15, 0.2) is 0 Å². The van der Waals surface area contributed by atoms with Crippen LogP contribution in [-0.2, 0) is 4.79 Å². The highest BCUT2D eigenvalue weighted by Crippen LogP contribution is 2.31. The van der Waals surface area contributed by atoms with E-state index >= 15 is 0 Å². The van der Waals surface area contributed by atoms with Crippen molar-refractivity contribution in [2.24, 2.45) is 5.41 Å². The van der Waals surface area contributed by atoms with Crippen molar-refractivity contribution in [2.75, 3.05) is 0 Å². The third-order valence-electron chi connectivity index (χ3n) is 2.08. The van der Waals surface area contributed by atoms with Gasteiger partial charge in [-0.15, -0.1) is 6.58 Å². The van der Waals surface area contributed by atoms with Crippen LogP contribution in [0.25, 0.3) is 0 Å². The molecule has 0 aromatic heterocycles. The summed E-state index contributed by atoms with van der Waals surface area (Å²) in [5.74, 6) is 0. The first-order valence-corrected chi connectivity index (χ1v) is 3.58. The maximum absolute atomic E-state index is 10.6. The van der Waals surface area contributed by atoms with Crippen molar-refractivity contribution in [2.45, 2.75) is 19.3 Å². The largest absolute Gasteiger partial charge is 0.302 e. The Bertz CT molecular complexity index is 160. The quantitative estimate of drug-likeness (QED) is 0.419. The molecule has 0 aliphatic heterocycles. The molecule has 1 rings (SSSR count). The second kappa shape index (κ2) is 2.82. The van der Waals surface area contributed by atoms with Crippen molar-refractivity contribution in [1.82, 2.24) is 0 Å². The molecule has 1 aliphatic carbocycles. The molecular formula is C9H12O. The van der Waals surface area contributed by atoms with Gasteiger partial charge in [-0.05, 0) is 19.3 Å². The number of carbonyl (C=O) groups excluding carboxylic acids is 1. The third-order valence-corrected chi connectivity index (χ3v) is 2.08. The molecule has 0 saturated heterocycles. The average molecular weight is 136 g/mol. The molecule has 1 nitrogen and oxygen atoms in total. The summed E-state index contributed by atoms with van der Waals surface area (Å²) in [5, 5.41) is 0. The topological polar surface area (TPSA) is 17.1 Å². The van der Waals surface area contributed by atoms with Gasteiger partial charge >= 0.3 is 0 Å². The van der Waals surface area contributed by atoms with Crippen LogP contribution in [0.3, 0.4) is 0 Å². The first-order chi connectivity index (χ1) is 4.83. The molecule has 0 amide bonds. The molecule has 0 heterocycles. The van der Waals surface area contributed by atoms with Crippen LogP contribution in [0.1, 0.15) is 19.3 Å². The summed E-state index contributed by atoms with van der Waals surface area (Å²) in [7, 11) is 0. The molecule has 10 heavy (non-hydrogen) atoms. The number of hydrogen-bond acceptors (Lipinski definition) is 1. The van der Waals surface area contributed by atoms with E-state index in [9.17, 15) is 4.79 Å². The summed E-state index contributed by atoms with van der Waals surface area (Å²) in [4.78, 5) is 10.6. The summed E-state index contributed by atoms with van der Waals surface area (Å²) in [5.41, 5.74) is -0.241. The molecule has 0 radical (unpaired) electrons. The fourth-order valence-electron chi connectivity index (χ4n) is 1.22. The summed E-state index contributed by atoms with van der Waals surface area (Å²) < 4.78 is 0. The molecular weight excluding hydrogens is 124 g/mol. The monoisotopic (exact) mass is 136 g/mol. The SMILES string of the molecule is C=CC1(C=O)CC=CCC1. The predicted molar refractivity (Wildman–Crippen MR) is 41.7 cm³/mol. The molecule has 1 aliphatic rings. The van der Waals surface area contributed by atoms with E-state index in [1.807, 2.05) is 0 Å². The van der Waals surface area contributed by atoms with Gasteiger partial charge < -0.3 is 4.79 Å². The van der Waals surface area contributed by atoms with Gasteiger partial charge in [0.2, 0.25) is 0 Å². The lowest BCUT2D eigenvalue weighted by molar-refractivity contribution is -0.114. The number of aldehydes is 1. The first kappa shape index (κ1) is 7.26. The van der Waals surface area contributed by atoms with Crippen molar-refractivity contribution in [3.05, 3.63) is 24.8 Å². The van der Waals surface area contributed by atoms with Crippen molar-refractivity contribution in [1.29, 1.82) is 0 Å². The molecule has 54 valence electrons. The lowest BCUT2D eigenvalue weighted by Crippen LogP contribution is -2.20. The van der Waals surface area contributed by atoms with Gasteiger partial charge in [-0.1, -0.05) is 18.2 Å². The van der Waals surface area contributed by atoms with Gasteiger partial charge in [0.05, 0.1) is 0 Å². The standard InChI is InChI=1S/C9H12O/c1-2-9(8-10)6-4-3-5-7-9/h2-4,8H,1,5-7H2. The molecule has 0 fully saturated rings. The Morgan fingerprint density at radius 1 is 1.50 bits per heavy atom. The fraction of sp³-hybridized carbons (Fsp3) is 0.444. The number of rotatable bonds is 2. The van der Waals surface area contributed by atoms with Crippen LogP contribution in [0.4, 0.5) is 0 Å². The Balaban J connectivity index is 2.73. The van der Waals surface area contributed by atoms with Crippen molar-refractivity contribution in [3.63, 3.8) is 0 Å². The molecule has 1 unspecified atom stereocenters. The minimum Gasteiger partial charge on any atom is -0.302 e. The number of hydrogen-bond donors (Lipinski definition) is 0. The Morgan fingerprint density at radius 3 is 2.60 bits per heavy atom. The van der Waals surface area contributed by atoms with Crippen molar-refractivity contribution < 1.29 is 4.79 Å². The van der Waals surface area contributed by atoms with E-state index in [2.05, 4.69) is 18.7 Å². The van der Waals surface area contributed by atoms with Crippen LogP contribution in [0.15, 0.2) is 24.8 Å². The predicted octanol–water partition coefficient (Wildman–Crippen LogP) is 2.10. The maximum atomic E-state index is 10.6. The summed E-state index contributed by atoms with van der Waals surface area (Å²) in [6, 6.07) is 0. The zero-order valence-corrected chi connectivity index (χ0v) is 6.05. The highest BCUT2D eigenvalue weighted by atomic mass is 16.1. The molecule has 1 heteroatoms. The average Bonchev–Trinajstić information content (AvgIpc) is 2.06. The smallest absolute Gasteiger partial charge is 0.130 e. The number of allylic oxidation sites excluding steroid dienone is 3. The number of carbonyl (C=O) groups is 1. The molecule has 0 saturated carbocycles.